The maximum absolute atomic E-state index is 11.4. The summed E-state index contributed by atoms with van der Waals surface area (Å²) in [6.07, 6.45) is 0. The molecule has 0 saturated carbocycles. The maximum atomic E-state index is 11.4. The van der Waals surface area contributed by atoms with Crippen molar-refractivity contribution in [2.45, 2.75) is 10.1 Å². The molecule has 1 aliphatic heterocycles. The molecule has 84 valence electrons. The van der Waals surface area contributed by atoms with Gasteiger partial charge in [0.1, 0.15) is 0 Å². The minimum Gasteiger partial charge on any atom is -0.475 e. The van der Waals surface area contributed by atoms with Gasteiger partial charge in [0.15, 0.2) is 0 Å². The van der Waals surface area contributed by atoms with E-state index in [0.717, 1.165) is 0 Å². The van der Waals surface area contributed by atoms with Crippen LogP contribution in [0.25, 0.3) is 0 Å². The summed E-state index contributed by atoms with van der Waals surface area (Å²) in [6, 6.07) is 6.76. The zero-order valence-corrected chi connectivity index (χ0v) is 9.20. The molecule has 1 saturated heterocycles. The van der Waals surface area contributed by atoms with Crippen molar-refractivity contribution in [1.29, 1.82) is 0 Å². The summed E-state index contributed by atoms with van der Waals surface area (Å²) in [4.78, 5) is 22.8. The normalized spacial score (nSPS) is 15.5. The van der Waals surface area contributed by atoms with E-state index in [1.165, 1.54) is 17.8 Å². The van der Waals surface area contributed by atoms with Crippen LogP contribution in [0.4, 0.5) is 0 Å². The Kier molecular flexibility index (Phi) is 3.26. The van der Waals surface area contributed by atoms with Gasteiger partial charge in [-0.3, -0.25) is 4.79 Å². The van der Waals surface area contributed by atoms with Crippen LogP contribution in [-0.2, 0) is 9.53 Å². The summed E-state index contributed by atoms with van der Waals surface area (Å²) >= 11 is 1.49. The number of rotatable bonds is 4. The molecule has 2 rings (SSSR count). The van der Waals surface area contributed by atoms with E-state index in [9.17, 15) is 9.59 Å². The Hall–Kier alpha value is -1.33. The Balaban J connectivity index is 2.22. The van der Waals surface area contributed by atoms with E-state index in [1.807, 2.05) is 0 Å². The third-order valence-corrected chi connectivity index (χ3v) is 3.44. The van der Waals surface area contributed by atoms with Crippen molar-refractivity contribution in [3.05, 3.63) is 29.8 Å². The molecule has 0 aromatic heterocycles. The van der Waals surface area contributed by atoms with Crippen LogP contribution in [0.2, 0.25) is 0 Å². The Labute approximate surface area is 96.6 Å². The zero-order valence-electron chi connectivity index (χ0n) is 8.38. The van der Waals surface area contributed by atoms with Crippen LogP contribution in [0.5, 0.6) is 0 Å². The molecule has 5 heteroatoms. The average Bonchev–Trinajstić information content (AvgIpc) is 2.23. The highest BCUT2D eigenvalue weighted by Crippen LogP contribution is 2.30. The molecule has 1 fully saturated rings. The predicted molar refractivity (Wildman–Crippen MR) is 58.9 cm³/mol. The van der Waals surface area contributed by atoms with Crippen molar-refractivity contribution in [3.8, 4) is 0 Å². The third-order valence-electron chi connectivity index (χ3n) is 2.23. The zero-order chi connectivity index (χ0) is 11.5. The highest BCUT2D eigenvalue weighted by Gasteiger charge is 2.24. The molecule has 1 heterocycles. The van der Waals surface area contributed by atoms with Gasteiger partial charge in [-0.15, -0.1) is 11.8 Å². The number of carbonyl (C=O) groups is 2. The van der Waals surface area contributed by atoms with Gasteiger partial charge in [0.2, 0.25) is 0 Å². The number of ether oxygens (including phenoxy) is 1. The van der Waals surface area contributed by atoms with Crippen molar-refractivity contribution >= 4 is 23.5 Å². The molecular formula is C11H10O4S. The van der Waals surface area contributed by atoms with Crippen LogP contribution in [0.1, 0.15) is 10.4 Å². The van der Waals surface area contributed by atoms with Crippen LogP contribution >= 0.6 is 11.8 Å². The molecule has 0 amide bonds. The Morgan fingerprint density at radius 3 is 2.56 bits per heavy atom. The first kappa shape index (κ1) is 11.2. The number of Topliss-reactive ketones (excluding diaryl/α,β-unsaturated/α-hetero) is 1. The van der Waals surface area contributed by atoms with E-state index < -0.39 is 11.8 Å². The maximum Gasteiger partial charge on any atom is 0.377 e. The van der Waals surface area contributed by atoms with Crippen molar-refractivity contribution in [2.24, 2.45) is 0 Å². The molecule has 0 radical (unpaired) electrons. The first-order valence-electron chi connectivity index (χ1n) is 4.79. The fourth-order valence-electron chi connectivity index (χ4n) is 1.33. The van der Waals surface area contributed by atoms with Gasteiger partial charge < -0.3 is 9.84 Å². The lowest BCUT2D eigenvalue weighted by Gasteiger charge is -2.25. The summed E-state index contributed by atoms with van der Waals surface area (Å²) in [5.41, 5.74) is 0.256. The van der Waals surface area contributed by atoms with E-state index in [4.69, 9.17) is 9.84 Å². The predicted octanol–water partition coefficient (Wildman–Crippen LogP) is 1.44. The van der Waals surface area contributed by atoms with Gasteiger partial charge in [-0.05, 0) is 12.1 Å². The molecule has 0 atom stereocenters. The summed E-state index contributed by atoms with van der Waals surface area (Å²) in [6.45, 7) is 1.31. The summed E-state index contributed by atoms with van der Waals surface area (Å²) in [5.74, 6) is -2.28. The van der Waals surface area contributed by atoms with Crippen LogP contribution in [0.3, 0.4) is 0 Å². The number of benzene rings is 1. The van der Waals surface area contributed by atoms with Crippen molar-refractivity contribution in [2.75, 3.05) is 13.2 Å². The van der Waals surface area contributed by atoms with Gasteiger partial charge >= 0.3 is 5.97 Å². The van der Waals surface area contributed by atoms with E-state index in [0.29, 0.717) is 23.4 Å². The molecular weight excluding hydrogens is 228 g/mol. The highest BCUT2D eigenvalue weighted by atomic mass is 32.2. The second-order valence-electron chi connectivity index (χ2n) is 3.41. The Bertz CT molecular complexity index is 426. The lowest BCUT2D eigenvalue weighted by Crippen LogP contribution is -2.30. The number of hydrogen-bond acceptors (Lipinski definition) is 4. The van der Waals surface area contributed by atoms with Gasteiger partial charge in [0, 0.05) is 10.5 Å². The molecule has 16 heavy (non-hydrogen) atoms. The van der Waals surface area contributed by atoms with Crippen LogP contribution in [0, 0.1) is 0 Å². The molecule has 0 spiro atoms. The van der Waals surface area contributed by atoms with Crippen molar-refractivity contribution in [3.63, 3.8) is 0 Å². The van der Waals surface area contributed by atoms with Gasteiger partial charge in [0.05, 0.1) is 18.5 Å². The van der Waals surface area contributed by atoms with Gasteiger partial charge in [-0.1, -0.05) is 12.1 Å². The lowest BCUT2D eigenvalue weighted by atomic mass is 10.1. The SMILES string of the molecule is O=C(O)C(=O)c1ccccc1SC1COC1. The Morgan fingerprint density at radius 1 is 1.31 bits per heavy atom. The topological polar surface area (TPSA) is 63.6 Å². The molecule has 1 aromatic rings. The van der Waals surface area contributed by atoms with E-state index in [-0.39, 0.29) is 5.56 Å². The number of carboxylic acid groups (broad SMARTS) is 1. The van der Waals surface area contributed by atoms with Crippen LogP contribution in [-0.4, -0.2) is 35.3 Å². The van der Waals surface area contributed by atoms with Crippen molar-refractivity contribution < 1.29 is 19.4 Å². The first-order valence-corrected chi connectivity index (χ1v) is 5.67. The third kappa shape index (κ3) is 2.25. The molecule has 0 aliphatic carbocycles. The largest absolute Gasteiger partial charge is 0.475 e. The van der Waals surface area contributed by atoms with Crippen LogP contribution < -0.4 is 0 Å². The van der Waals surface area contributed by atoms with Gasteiger partial charge in [-0.25, -0.2) is 4.79 Å². The fraction of sp³-hybridized carbons (Fsp3) is 0.273. The second-order valence-corrected chi connectivity index (χ2v) is 4.75. The fourth-order valence-corrected chi connectivity index (χ4v) is 2.47. The number of carboxylic acids is 1. The standard InChI is InChI=1S/C11H10O4S/c12-10(11(13)14)8-3-1-2-4-9(8)16-7-5-15-6-7/h1-4,7H,5-6H2,(H,13,14). The summed E-state index contributed by atoms with van der Waals surface area (Å²) in [5, 5.41) is 9.00. The van der Waals surface area contributed by atoms with Crippen LogP contribution in [0.15, 0.2) is 29.2 Å². The summed E-state index contributed by atoms with van der Waals surface area (Å²) < 4.78 is 5.03. The smallest absolute Gasteiger partial charge is 0.377 e. The molecule has 0 bridgehead atoms. The molecule has 4 nitrogen and oxygen atoms in total. The quantitative estimate of drug-likeness (QED) is 0.635. The molecule has 0 unspecified atom stereocenters. The number of hydrogen-bond donors (Lipinski definition) is 1. The number of carbonyl (C=O) groups excluding carboxylic acids is 1. The summed E-state index contributed by atoms with van der Waals surface area (Å²) in [7, 11) is 0. The first-order chi connectivity index (χ1) is 7.68. The van der Waals surface area contributed by atoms with Gasteiger partial charge in [0.25, 0.3) is 5.78 Å². The second kappa shape index (κ2) is 4.67. The van der Waals surface area contributed by atoms with Crippen molar-refractivity contribution in [1.82, 2.24) is 0 Å². The molecule has 1 aliphatic rings. The molecule has 1 aromatic carbocycles. The Morgan fingerprint density at radius 2 is 2.00 bits per heavy atom. The average molecular weight is 238 g/mol. The molecule has 1 N–H and O–H groups in total. The minimum atomic E-state index is -1.42. The number of thioether (sulfide) groups is 1. The minimum absolute atomic E-state index is 0.256. The number of ketones is 1. The van der Waals surface area contributed by atoms with E-state index in [1.54, 1.807) is 18.2 Å². The van der Waals surface area contributed by atoms with Gasteiger partial charge in [-0.2, -0.15) is 0 Å². The highest BCUT2D eigenvalue weighted by molar-refractivity contribution is 8.00. The lowest BCUT2D eigenvalue weighted by molar-refractivity contribution is -0.131. The number of aliphatic carboxylic acids is 1. The monoisotopic (exact) mass is 238 g/mol. The van der Waals surface area contributed by atoms with E-state index in [2.05, 4.69) is 0 Å². The van der Waals surface area contributed by atoms with E-state index >= 15 is 0 Å².